The van der Waals surface area contributed by atoms with Crippen LogP contribution in [0.15, 0.2) is 0 Å². The molecule has 2 saturated heterocycles. The van der Waals surface area contributed by atoms with E-state index < -0.39 is 0 Å². The van der Waals surface area contributed by atoms with E-state index in [-0.39, 0.29) is 36.1 Å². The van der Waals surface area contributed by atoms with Gasteiger partial charge in [-0.05, 0) is 33.1 Å². The Hall–Kier alpha value is -1.10. The summed E-state index contributed by atoms with van der Waals surface area (Å²) in [6.07, 6.45) is 2.66. The lowest BCUT2D eigenvalue weighted by Gasteiger charge is -2.36. The van der Waals surface area contributed by atoms with Gasteiger partial charge in [0, 0.05) is 6.54 Å². The first-order valence-corrected chi connectivity index (χ1v) is 6.68. The fourth-order valence-corrected chi connectivity index (χ4v) is 2.76. The van der Waals surface area contributed by atoms with Gasteiger partial charge in [-0.1, -0.05) is 6.92 Å². The molecule has 2 rings (SSSR count). The summed E-state index contributed by atoms with van der Waals surface area (Å²) in [5.41, 5.74) is -0.104. The van der Waals surface area contributed by atoms with Gasteiger partial charge in [0.25, 0.3) is 0 Å². The summed E-state index contributed by atoms with van der Waals surface area (Å²) in [5, 5.41) is 2.63. The third-order valence-electron chi connectivity index (χ3n) is 3.75. The minimum absolute atomic E-state index is 0.00486. The molecule has 2 atom stereocenters. The highest BCUT2D eigenvalue weighted by Crippen LogP contribution is 2.30. The molecule has 0 aliphatic carbocycles. The summed E-state index contributed by atoms with van der Waals surface area (Å²) in [6, 6.07) is -0.335. The molecule has 0 saturated carbocycles. The first-order valence-electron chi connectivity index (χ1n) is 6.68. The second-order valence-corrected chi connectivity index (χ2v) is 5.73. The second-order valence-electron chi connectivity index (χ2n) is 5.73. The molecular formula is C13H22N2O3. The van der Waals surface area contributed by atoms with Crippen LogP contribution in [-0.4, -0.2) is 47.6 Å². The van der Waals surface area contributed by atoms with Crippen LogP contribution in [0.25, 0.3) is 0 Å². The number of carbonyl (C=O) groups excluding carboxylic acids is 2. The number of piperazine rings is 1. The number of amides is 2. The van der Waals surface area contributed by atoms with E-state index in [0.29, 0.717) is 13.0 Å². The summed E-state index contributed by atoms with van der Waals surface area (Å²) in [6.45, 7) is 6.71. The molecular weight excluding hydrogens is 232 g/mol. The van der Waals surface area contributed by atoms with E-state index in [1.54, 1.807) is 4.90 Å². The van der Waals surface area contributed by atoms with Crippen LogP contribution >= 0.6 is 0 Å². The van der Waals surface area contributed by atoms with E-state index in [2.05, 4.69) is 19.2 Å². The molecule has 0 bridgehead atoms. The normalized spacial score (nSPS) is 31.6. The van der Waals surface area contributed by atoms with Crippen LogP contribution in [0.5, 0.6) is 0 Å². The number of carbonyl (C=O) groups is 2. The van der Waals surface area contributed by atoms with Gasteiger partial charge in [-0.3, -0.25) is 9.59 Å². The molecule has 102 valence electrons. The quantitative estimate of drug-likeness (QED) is 0.806. The molecule has 0 spiro atoms. The van der Waals surface area contributed by atoms with Gasteiger partial charge >= 0.3 is 0 Å². The third-order valence-corrected chi connectivity index (χ3v) is 3.75. The molecule has 0 aromatic heterocycles. The maximum absolute atomic E-state index is 11.9. The number of hydrogen-bond donors (Lipinski definition) is 1. The number of ether oxygens (including phenoxy) is 1. The highest BCUT2D eigenvalue weighted by molar-refractivity contribution is 5.94. The summed E-state index contributed by atoms with van der Waals surface area (Å²) in [5.74, 6) is -0.0517. The number of nitrogens with one attached hydrogen (secondary N) is 1. The van der Waals surface area contributed by atoms with Crippen molar-refractivity contribution in [2.24, 2.45) is 0 Å². The van der Waals surface area contributed by atoms with Crippen molar-refractivity contribution in [1.29, 1.82) is 0 Å². The van der Waals surface area contributed by atoms with Gasteiger partial charge in [-0.25, -0.2) is 0 Å². The zero-order valence-corrected chi connectivity index (χ0v) is 11.4. The molecule has 2 amide bonds. The molecule has 2 heterocycles. The number of rotatable bonds is 3. The van der Waals surface area contributed by atoms with E-state index in [9.17, 15) is 9.59 Å². The molecule has 5 nitrogen and oxygen atoms in total. The van der Waals surface area contributed by atoms with Crippen LogP contribution < -0.4 is 5.32 Å². The van der Waals surface area contributed by atoms with E-state index in [0.717, 1.165) is 12.8 Å². The predicted octanol–water partition coefficient (Wildman–Crippen LogP) is 0.681. The van der Waals surface area contributed by atoms with Crippen molar-refractivity contribution in [3.8, 4) is 0 Å². The highest BCUT2D eigenvalue weighted by atomic mass is 16.5. The van der Waals surface area contributed by atoms with E-state index in [1.807, 2.05) is 6.92 Å². The van der Waals surface area contributed by atoms with E-state index in [1.165, 1.54) is 0 Å². The smallest absolute Gasteiger partial charge is 0.243 e. The largest absolute Gasteiger partial charge is 0.371 e. The Morgan fingerprint density at radius 2 is 2.17 bits per heavy atom. The Balaban J connectivity index is 2.01. The summed E-state index contributed by atoms with van der Waals surface area (Å²) in [7, 11) is 0. The first kappa shape index (κ1) is 13.3. The summed E-state index contributed by atoms with van der Waals surface area (Å²) in [4.78, 5) is 25.3. The molecule has 2 aliphatic rings. The molecule has 2 aliphatic heterocycles. The Morgan fingerprint density at radius 3 is 2.72 bits per heavy atom. The van der Waals surface area contributed by atoms with Crippen molar-refractivity contribution >= 4 is 11.8 Å². The minimum atomic E-state index is -0.335. The lowest BCUT2D eigenvalue weighted by Crippen LogP contribution is -2.59. The molecule has 0 aromatic carbocycles. The highest BCUT2D eigenvalue weighted by Gasteiger charge is 2.38. The fraction of sp³-hybridized carbons (Fsp3) is 0.846. The van der Waals surface area contributed by atoms with Gasteiger partial charge in [0.2, 0.25) is 11.8 Å². The van der Waals surface area contributed by atoms with Crippen LogP contribution in [0.1, 0.15) is 40.0 Å². The van der Waals surface area contributed by atoms with Gasteiger partial charge in [-0.15, -0.1) is 0 Å². The summed E-state index contributed by atoms with van der Waals surface area (Å²) < 4.78 is 5.90. The predicted molar refractivity (Wildman–Crippen MR) is 67.0 cm³/mol. The molecule has 2 unspecified atom stereocenters. The molecule has 5 heteroatoms. The second kappa shape index (κ2) is 4.88. The average molecular weight is 254 g/mol. The average Bonchev–Trinajstić information content (AvgIpc) is 2.64. The topological polar surface area (TPSA) is 58.6 Å². The Morgan fingerprint density at radius 1 is 1.44 bits per heavy atom. The van der Waals surface area contributed by atoms with Crippen molar-refractivity contribution in [3.63, 3.8) is 0 Å². The zero-order valence-electron chi connectivity index (χ0n) is 11.4. The lowest BCUT2D eigenvalue weighted by molar-refractivity contribution is -0.148. The van der Waals surface area contributed by atoms with Gasteiger partial charge < -0.3 is 15.0 Å². The Bertz CT molecular complexity index is 354. The van der Waals surface area contributed by atoms with Crippen LogP contribution in [-0.2, 0) is 14.3 Å². The standard InChI is InChI=1S/C13H22N2O3/c1-4-10-12(17)14-7-11(16)15(10)8-9-5-6-13(2,3)18-9/h9-10H,4-8H2,1-3H3,(H,14,17). The maximum Gasteiger partial charge on any atom is 0.243 e. The van der Waals surface area contributed by atoms with Crippen LogP contribution in [0.3, 0.4) is 0 Å². The van der Waals surface area contributed by atoms with E-state index in [4.69, 9.17) is 4.74 Å². The SMILES string of the molecule is CCC1C(=O)NCC(=O)N1CC1CCC(C)(C)O1. The molecule has 1 N–H and O–H groups in total. The molecule has 0 radical (unpaired) electrons. The van der Waals surface area contributed by atoms with Crippen LogP contribution in [0.2, 0.25) is 0 Å². The Labute approximate surface area is 108 Å². The minimum Gasteiger partial charge on any atom is -0.371 e. The first-order chi connectivity index (χ1) is 8.43. The fourth-order valence-electron chi connectivity index (χ4n) is 2.76. The van der Waals surface area contributed by atoms with Gasteiger partial charge in [0.05, 0.1) is 18.2 Å². The van der Waals surface area contributed by atoms with Crippen molar-refractivity contribution in [1.82, 2.24) is 10.2 Å². The number of nitrogens with zero attached hydrogens (tertiary/aromatic N) is 1. The summed E-state index contributed by atoms with van der Waals surface area (Å²) >= 11 is 0. The molecule has 0 aromatic rings. The Kier molecular flexibility index (Phi) is 3.61. The van der Waals surface area contributed by atoms with Crippen LogP contribution in [0.4, 0.5) is 0 Å². The maximum atomic E-state index is 11.9. The lowest BCUT2D eigenvalue weighted by atomic mass is 10.0. The van der Waals surface area contributed by atoms with Gasteiger partial charge in [0.15, 0.2) is 0 Å². The number of hydrogen-bond acceptors (Lipinski definition) is 3. The zero-order chi connectivity index (χ0) is 13.3. The van der Waals surface area contributed by atoms with Gasteiger partial charge in [-0.2, -0.15) is 0 Å². The van der Waals surface area contributed by atoms with E-state index >= 15 is 0 Å². The van der Waals surface area contributed by atoms with Crippen molar-refractivity contribution in [2.45, 2.75) is 57.8 Å². The van der Waals surface area contributed by atoms with Crippen molar-refractivity contribution in [2.75, 3.05) is 13.1 Å². The van der Waals surface area contributed by atoms with Crippen molar-refractivity contribution < 1.29 is 14.3 Å². The van der Waals surface area contributed by atoms with Crippen molar-refractivity contribution in [3.05, 3.63) is 0 Å². The molecule has 2 fully saturated rings. The monoisotopic (exact) mass is 254 g/mol. The third kappa shape index (κ3) is 2.66. The van der Waals surface area contributed by atoms with Gasteiger partial charge in [0.1, 0.15) is 6.04 Å². The molecule has 18 heavy (non-hydrogen) atoms. The van der Waals surface area contributed by atoms with Crippen LogP contribution in [0, 0.1) is 0 Å².